The van der Waals surface area contributed by atoms with Gasteiger partial charge in [0, 0.05) is 15.9 Å². The summed E-state index contributed by atoms with van der Waals surface area (Å²) in [7, 11) is 1.61. The van der Waals surface area contributed by atoms with Crippen molar-refractivity contribution in [2.45, 2.75) is 6.61 Å². The summed E-state index contributed by atoms with van der Waals surface area (Å²) in [6.45, 7) is 0.485. The minimum atomic E-state index is 0.485. The van der Waals surface area contributed by atoms with Crippen LogP contribution >= 0.6 is 15.9 Å². The van der Waals surface area contributed by atoms with Gasteiger partial charge in [-0.1, -0.05) is 30.3 Å². The molecule has 3 aromatic rings. The van der Waals surface area contributed by atoms with E-state index in [0.717, 1.165) is 20.9 Å². The Morgan fingerprint density at radius 1 is 1.10 bits per heavy atom. The van der Waals surface area contributed by atoms with E-state index in [-0.39, 0.29) is 0 Å². The molecule has 0 aliphatic heterocycles. The van der Waals surface area contributed by atoms with Crippen LogP contribution in [0.15, 0.2) is 53.1 Å². The third kappa shape index (κ3) is 2.97. The van der Waals surface area contributed by atoms with Crippen molar-refractivity contribution in [3.05, 3.63) is 58.7 Å². The van der Waals surface area contributed by atoms with Crippen molar-refractivity contribution < 1.29 is 9.47 Å². The lowest BCUT2D eigenvalue weighted by molar-refractivity contribution is 0.285. The second-order valence-electron chi connectivity index (χ2n) is 4.49. The van der Waals surface area contributed by atoms with Crippen LogP contribution in [-0.2, 0) is 6.61 Å². The first-order valence-corrected chi connectivity index (χ1v) is 7.23. The van der Waals surface area contributed by atoms with E-state index >= 15 is 0 Å². The van der Waals surface area contributed by atoms with Crippen LogP contribution in [0, 0.1) is 0 Å². The zero-order valence-corrected chi connectivity index (χ0v) is 13.0. The number of rotatable bonds is 4. The van der Waals surface area contributed by atoms with E-state index in [1.165, 1.54) is 0 Å². The quantitative estimate of drug-likeness (QED) is 0.718. The van der Waals surface area contributed by atoms with Crippen LogP contribution in [0.3, 0.4) is 0 Å². The average Bonchev–Trinajstić information content (AvgIpc) is 2.53. The van der Waals surface area contributed by atoms with Gasteiger partial charge in [-0.2, -0.15) is 10.2 Å². The maximum absolute atomic E-state index is 5.88. The molecule has 0 radical (unpaired) electrons. The van der Waals surface area contributed by atoms with E-state index in [2.05, 4.69) is 26.1 Å². The lowest BCUT2D eigenvalue weighted by Crippen LogP contribution is -1.98. The molecule has 0 saturated carbocycles. The Labute approximate surface area is 130 Å². The minimum Gasteiger partial charge on any atom is -0.493 e. The van der Waals surface area contributed by atoms with Gasteiger partial charge in [0.05, 0.1) is 18.8 Å². The smallest absolute Gasteiger partial charge is 0.163 e. The van der Waals surface area contributed by atoms with Crippen LogP contribution in [-0.4, -0.2) is 17.3 Å². The highest BCUT2D eigenvalue weighted by Gasteiger charge is 2.10. The molecule has 0 aliphatic rings. The fourth-order valence-corrected chi connectivity index (χ4v) is 2.45. The van der Waals surface area contributed by atoms with Crippen LogP contribution in [0.4, 0.5) is 0 Å². The molecule has 106 valence electrons. The summed E-state index contributed by atoms with van der Waals surface area (Å²) >= 11 is 3.47. The molecule has 4 nitrogen and oxygen atoms in total. The second-order valence-corrected chi connectivity index (χ2v) is 5.34. The molecule has 0 saturated heterocycles. The molecule has 0 amide bonds. The fraction of sp³-hybridized carbons (Fsp3) is 0.125. The molecule has 0 unspecified atom stereocenters. The Hall–Kier alpha value is -2.14. The van der Waals surface area contributed by atoms with Crippen molar-refractivity contribution in [3.63, 3.8) is 0 Å². The van der Waals surface area contributed by atoms with E-state index in [1.54, 1.807) is 13.3 Å². The summed E-state index contributed by atoms with van der Waals surface area (Å²) < 4.78 is 12.1. The summed E-state index contributed by atoms with van der Waals surface area (Å²) in [6, 6.07) is 13.7. The Kier molecular flexibility index (Phi) is 4.01. The largest absolute Gasteiger partial charge is 0.493 e. The lowest BCUT2D eigenvalue weighted by Gasteiger charge is -2.12. The number of hydrogen-bond acceptors (Lipinski definition) is 4. The van der Waals surface area contributed by atoms with E-state index in [1.807, 2.05) is 42.5 Å². The molecule has 0 aliphatic carbocycles. The maximum Gasteiger partial charge on any atom is 0.163 e. The van der Waals surface area contributed by atoms with Crippen LogP contribution in [0.5, 0.6) is 11.5 Å². The van der Waals surface area contributed by atoms with Crippen molar-refractivity contribution >= 4 is 26.8 Å². The Bertz CT molecular complexity index is 763. The third-order valence-electron chi connectivity index (χ3n) is 3.11. The van der Waals surface area contributed by atoms with Crippen molar-refractivity contribution in [2.75, 3.05) is 7.11 Å². The zero-order chi connectivity index (χ0) is 14.7. The highest BCUT2D eigenvalue weighted by Crippen LogP contribution is 2.34. The summed E-state index contributed by atoms with van der Waals surface area (Å²) in [5.74, 6) is 1.33. The molecule has 0 fully saturated rings. The van der Waals surface area contributed by atoms with E-state index in [0.29, 0.717) is 18.1 Å². The standard InChI is InChI=1S/C16H13BrN2O2/c1-20-15-8-14-12(13(17)9-18-19-14)7-16(15)21-10-11-5-3-2-4-6-11/h2-9H,10H2,1H3. The van der Waals surface area contributed by atoms with Gasteiger partial charge in [0.2, 0.25) is 0 Å². The van der Waals surface area contributed by atoms with E-state index in [9.17, 15) is 0 Å². The molecule has 0 atom stereocenters. The lowest BCUT2D eigenvalue weighted by atomic mass is 10.2. The first kappa shape index (κ1) is 13.8. The van der Waals surface area contributed by atoms with E-state index < -0.39 is 0 Å². The SMILES string of the molecule is COc1cc2nncc(Br)c2cc1OCc1ccccc1. The topological polar surface area (TPSA) is 44.2 Å². The van der Waals surface area contributed by atoms with Gasteiger partial charge < -0.3 is 9.47 Å². The predicted octanol–water partition coefficient (Wildman–Crippen LogP) is 3.98. The van der Waals surface area contributed by atoms with Gasteiger partial charge in [0.1, 0.15) is 6.61 Å². The van der Waals surface area contributed by atoms with Gasteiger partial charge in [-0.05, 0) is 27.6 Å². The number of nitrogens with zero attached hydrogens (tertiary/aromatic N) is 2. The minimum absolute atomic E-state index is 0.485. The third-order valence-corrected chi connectivity index (χ3v) is 3.74. The summed E-state index contributed by atoms with van der Waals surface area (Å²) in [4.78, 5) is 0. The van der Waals surface area contributed by atoms with Gasteiger partial charge in [0.15, 0.2) is 11.5 Å². The highest BCUT2D eigenvalue weighted by molar-refractivity contribution is 9.10. The van der Waals surface area contributed by atoms with Crippen LogP contribution < -0.4 is 9.47 Å². The molecule has 2 aromatic carbocycles. The normalized spacial score (nSPS) is 10.6. The van der Waals surface area contributed by atoms with Gasteiger partial charge in [0.25, 0.3) is 0 Å². The second kappa shape index (κ2) is 6.10. The zero-order valence-electron chi connectivity index (χ0n) is 11.4. The Morgan fingerprint density at radius 2 is 1.90 bits per heavy atom. The number of halogens is 1. The van der Waals surface area contributed by atoms with Gasteiger partial charge >= 0.3 is 0 Å². The van der Waals surface area contributed by atoms with Gasteiger partial charge in [-0.25, -0.2) is 0 Å². The Balaban J connectivity index is 1.95. The molecule has 5 heteroatoms. The molecular weight excluding hydrogens is 332 g/mol. The first-order chi connectivity index (χ1) is 10.3. The monoisotopic (exact) mass is 344 g/mol. The summed E-state index contributed by atoms with van der Waals surface area (Å²) in [5.41, 5.74) is 1.86. The number of hydrogen-bond donors (Lipinski definition) is 0. The van der Waals surface area contributed by atoms with Crippen molar-refractivity contribution in [3.8, 4) is 11.5 Å². The van der Waals surface area contributed by atoms with Crippen LogP contribution in [0.1, 0.15) is 5.56 Å². The number of aromatic nitrogens is 2. The van der Waals surface area contributed by atoms with Crippen LogP contribution in [0.25, 0.3) is 10.9 Å². The fourth-order valence-electron chi connectivity index (χ4n) is 2.04. The van der Waals surface area contributed by atoms with Gasteiger partial charge in [-0.15, -0.1) is 0 Å². The maximum atomic E-state index is 5.88. The molecule has 1 heterocycles. The Morgan fingerprint density at radius 3 is 2.67 bits per heavy atom. The molecule has 3 rings (SSSR count). The molecule has 0 spiro atoms. The first-order valence-electron chi connectivity index (χ1n) is 6.43. The predicted molar refractivity (Wildman–Crippen MR) is 84.6 cm³/mol. The summed E-state index contributed by atoms with van der Waals surface area (Å²) in [6.07, 6.45) is 1.66. The van der Waals surface area contributed by atoms with Crippen molar-refractivity contribution in [2.24, 2.45) is 0 Å². The number of ether oxygens (including phenoxy) is 2. The van der Waals surface area contributed by atoms with E-state index in [4.69, 9.17) is 9.47 Å². The molecule has 1 aromatic heterocycles. The average molecular weight is 345 g/mol. The molecule has 0 bridgehead atoms. The molecular formula is C16H13BrN2O2. The van der Waals surface area contributed by atoms with Crippen LogP contribution in [0.2, 0.25) is 0 Å². The number of benzene rings is 2. The highest BCUT2D eigenvalue weighted by atomic mass is 79.9. The van der Waals surface area contributed by atoms with Crippen molar-refractivity contribution in [1.82, 2.24) is 10.2 Å². The number of methoxy groups -OCH3 is 1. The van der Waals surface area contributed by atoms with Gasteiger partial charge in [-0.3, -0.25) is 0 Å². The number of fused-ring (bicyclic) bond motifs is 1. The summed E-state index contributed by atoms with van der Waals surface area (Å²) in [5, 5.41) is 8.95. The van der Waals surface area contributed by atoms with Crippen molar-refractivity contribution in [1.29, 1.82) is 0 Å². The molecule has 0 N–H and O–H groups in total. The molecule has 21 heavy (non-hydrogen) atoms.